The molecule has 2 nitrogen and oxygen atoms in total. The Kier molecular flexibility index (Phi) is 2.66. The van der Waals surface area contributed by atoms with Crippen LogP contribution in [-0.2, 0) is 4.74 Å². The third-order valence-electron chi connectivity index (χ3n) is 4.05. The Labute approximate surface area is 108 Å². The second-order valence-corrected chi connectivity index (χ2v) is 5.25. The lowest BCUT2D eigenvalue weighted by Crippen LogP contribution is -2.24. The molecule has 3 atom stereocenters. The molecule has 1 aromatic heterocycles. The van der Waals surface area contributed by atoms with Crippen molar-refractivity contribution in [1.82, 2.24) is 0 Å². The molecule has 0 aromatic carbocycles. The van der Waals surface area contributed by atoms with E-state index in [1.165, 1.54) is 16.7 Å². The minimum absolute atomic E-state index is 0.000324. The summed E-state index contributed by atoms with van der Waals surface area (Å²) in [5.74, 6) is 1.70. The topological polar surface area (TPSA) is 22.4 Å². The summed E-state index contributed by atoms with van der Waals surface area (Å²) in [4.78, 5) is 0. The fourth-order valence-corrected chi connectivity index (χ4v) is 3.03. The number of rotatable bonds is 2. The molecular formula is C16H18O2. The number of ether oxygens (including phenoxy) is 1. The minimum Gasteiger partial charge on any atom is -0.489 e. The van der Waals surface area contributed by atoms with Crippen LogP contribution in [0.2, 0.25) is 0 Å². The fraction of sp³-hybridized carbons (Fsp3) is 0.375. The van der Waals surface area contributed by atoms with Gasteiger partial charge in [0.1, 0.15) is 5.76 Å². The summed E-state index contributed by atoms with van der Waals surface area (Å²) in [7, 11) is 0. The molecule has 1 aliphatic carbocycles. The van der Waals surface area contributed by atoms with Gasteiger partial charge in [0.15, 0.2) is 6.10 Å². The molecule has 0 spiro atoms. The van der Waals surface area contributed by atoms with Crippen LogP contribution in [0, 0.1) is 11.8 Å². The predicted octanol–water partition coefficient (Wildman–Crippen LogP) is 4.39. The van der Waals surface area contributed by atoms with Gasteiger partial charge < -0.3 is 9.15 Å². The van der Waals surface area contributed by atoms with Crippen LogP contribution in [0.3, 0.4) is 0 Å². The molecule has 0 N–H and O–H groups in total. The first-order valence-corrected chi connectivity index (χ1v) is 6.40. The van der Waals surface area contributed by atoms with E-state index in [9.17, 15) is 0 Å². The summed E-state index contributed by atoms with van der Waals surface area (Å²) in [6.45, 7) is 8.40. The van der Waals surface area contributed by atoms with Gasteiger partial charge in [0.25, 0.3) is 0 Å². The van der Waals surface area contributed by atoms with Crippen LogP contribution in [-0.4, -0.2) is 0 Å². The lowest BCUT2D eigenvalue weighted by Gasteiger charge is -2.32. The van der Waals surface area contributed by atoms with Crippen LogP contribution >= 0.6 is 0 Å². The van der Waals surface area contributed by atoms with Crippen molar-refractivity contribution >= 4 is 0 Å². The van der Waals surface area contributed by atoms with E-state index in [0.717, 1.165) is 12.2 Å². The van der Waals surface area contributed by atoms with E-state index in [1.807, 2.05) is 18.4 Å². The number of hydrogen-bond acceptors (Lipinski definition) is 2. The highest BCUT2D eigenvalue weighted by Crippen LogP contribution is 2.50. The molecule has 18 heavy (non-hydrogen) atoms. The lowest BCUT2D eigenvalue weighted by molar-refractivity contribution is 0.0930. The molecule has 2 aliphatic rings. The standard InChI is InChI=1S/C16H18O2/c1-10(2)12-7-6-11(3)13-9-18-16(15(12)13)14-5-4-8-17-14/h4-6,8-9,12,15-16H,1,7H2,2-3H3/t12-,15-,16+/m1/s1. The van der Waals surface area contributed by atoms with Gasteiger partial charge in [0, 0.05) is 5.92 Å². The summed E-state index contributed by atoms with van der Waals surface area (Å²) in [6, 6.07) is 3.91. The number of hydrogen-bond donors (Lipinski definition) is 0. The van der Waals surface area contributed by atoms with Gasteiger partial charge in [-0.1, -0.05) is 18.2 Å². The van der Waals surface area contributed by atoms with Crippen molar-refractivity contribution in [3.63, 3.8) is 0 Å². The van der Waals surface area contributed by atoms with Crippen molar-refractivity contribution in [2.24, 2.45) is 11.8 Å². The Morgan fingerprint density at radius 1 is 1.44 bits per heavy atom. The second kappa shape index (κ2) is 4.20. The molecule has 0 fully saturated rings. The average Bonchev–Trinajstić information content (AvgIpc) is 2.97. The van der Waals surface area contributed by atoms with Crippen molar-refractivity contribution in [3.8, 4) is 0 Å². The van der Waals surface area contributed by atoms with Gasteiger partial charge in [-0.3, -0.25) is 0 Å². The van der Waals surface area contributed by atoms with Crippen molar-refractivity contribution in [2.75, 3.05) is 0 Å². The monoisotopic (exact) mass is 242 g/mol. The second-order valence-electron chi connectivity index (χ2n) is 5.25. The van der Waals surface area contributed by atoms with E-state index >= 15 is 0 Å². The van der Waals surface area contributed by atoms with E-state index in [1.54, 1.807) is 6.26 Å². The third kappa shape index (κ3) is 1.64. The molecule has 0 bridgehead atoms. The molecule has 2 heterocycles. The average molecular weight is 242 g/mol. The largest absolute Gasteiger partial charge is 0.489 e. The molecule has 3 rings (SSSR count). The van der Waals surface area contributed by atoms with E-state index in [2.05, 4.69) is 26.5 Å². The highest BCUT2D eigenvalue weighted by atomic mass is 16.5. The van der Waals surface area contributed by atoms with Crippen molar-refractivity contribution in [2.45, 2.75) is 26.4 Å². The first kappa shape index (κ1) is 11.4. The maximum atomic E-state index is 5.86. The first-order valence-electron chi connectivity index (χ1n) is 6.40. The summed E-state index contributed by atoms with van der Waals surface area (Å²) in [6.07, 6.45) is 6.94. The lowest BCUT2D eigenvalue weighted by atomic mass is 9.72. The predicted molar refractivity (Wildman–Crippen MR) is 70.8 cm³/mol. The van der Waals surface area contributed by atoms with Crippen molar-refractivity contribution < 1.29 is 9.15 Å². The summed E-state index contributed by atoms with van der Waals surface area (Å²) in [5.41, 5.74) is 3.85. The van der Waals surface area contributed by atoms with Gasteiger partial charge >= 0.3 is 0 Å². The molecule has 2 heteroatoms. The van der Waals surface area contributed by atoms with Crippen LogP contribution in [0.4, 0.5) is 0 Å². The molecule has 0 amide bonds. The Morgan fingerprint density at radius 3 is 2.94 bits per heavy atom. The Bertz CT molecular complexity index is 519. The van der Waals surface area contributed by atoms with E-state index < -0.39 is 0 Å². The van der Waals surface area contributed by atoms with Gasteiger partial charge in [-0.05, 0) is 49.5 Å². The highest BCUT2D eigenvalue weighted by molar-refractivity contribution is 5.39. The van der Waals surface area contributed by atoms with Gasteiger partial charge in [0.2, 0.25) is 0 Å². The molecular weight excluding hydrogens is 224 g/mol. The molecule has 94 valence electrons. The molecule has 0 unspecified atom stereocenters. The van der Waals surface area contributed by atoms with Gasteiger partial charge in [-0.25, -0.2) is 0 Å². The van der Waals surface area contributed by atoms with Gasteiger partial charge in [0.05, 0.1) is 12.5 Å². The molecule has 0 radical (unpaired) electrons. The Balaban J connectivity index is 1.99. The smallest absolute Gasteiger partial charge is 0.163 e. The summed E-state index contributed by atoms with van der Waals surface area (Å²) >= 11 is 0. The maximum absolute atomic E-state index is 5.86. The zero-order valence-electron chi connectivity index (χ0n) is 10.8. The zero-order chi connectivity index (χ0) is 12.7. The number of furan rings is 1. The van der Waals surface area contributed by atoms with Crippen molar-refractivity contribution in [1.29, 1.82) is 0 Å². The first-order chi connectivity index (χ1) is 8.68. The van der Waals surface area contributed by atoms with Crippen LogP contribution in [0.15, 0.2) is 58.4 Å². The summed E-state index contributed by atoms with van der Waals surface area (Å²) in [5, 5.41) is 0. The molecule has 1 aromatic rings. The third-order valence-corrected chi connectivity index (χ3v) is 4.05. The van der Waals surface area contributed by atoms with E-state index in [0.29, 0.717) is 11.8 Å². The van der Waals surface area contributed by atoms with Crippen LogP contribution in [0.1, 0.15) is 32.1 Å². The number of fused-ring (bicyclic) bond motifs is 1. The maximum Gasteiger partial charge on any atom is 0.163 e. The van der Waals surface area contributed by atoms with E-state index in [-0.39, 0.29) is 6.10 Å². The quantitative estimate of drug-likeness (QED) is 0.717. The molecule has 0 saturated heterocycles. The van der Waals surface area contributed by atoms with Gasteiger partial charge in [-0.2, -0.15) is 0 Å². The molecule has 1 aliphatic heterocycles. The normalized spacial score (nSPS) is 30.2. The Morgan fingerprint density at radius 2 is 2.28 bits per heavy atom. The van der Waals surface area contributed by atoms with E-state index in [4.69, 9.17) is 9.15 Å². The van der Waals surface area contributed by atoms with Crippen molar-refractivity contribution in [3.05, 3.63) is 59.8 Å². The zero-order valence-corrected chi connectivity index (χ0v) is 10.8. The highest BCUT2D eigenvalue weighted by Gasteiger charge is 2.42. The SMILES string of the molecule is C=C(C)[C@H]1CC=C(C)C2=CO[C@@H](c3ccco3)[C@@H]21. The Hall–Kier alpha value is -1.70. The van der Waals surface area contributed by atoms with Crippen LogP contribution < -0.4 is 0 Å². The summed E-state index contributed by atoms with van der Waals surface area (Å²) < 4.78 is 11.4. The number of allylic oxidation sites excluding steroid dienone is 3. The van der Waals surface area contributed by atoms with Crippen LogP contribution in [0.5, 0.6) is 0 Å². The minimum atomic E-state index is 0.000324. The fourth-order valence-electron chi connectivity index (χ4n) is 3.03. The van der Waals surface area contributed by atoms with Crippen LogP contribution in [0.25, 0.3) is 0 Å². The van der Waals surface area contributed by atoms with Gasteiger partial charge in [-0.15, -0.1) is 0 Å². The molecule has 0 saturated carbocycles.